The molecule has 2 heterocycles. The van der Waals surface area contributed by atoms with Crippen LogP contribution in [0.25, 0.3) is 10.9 Å². The molecule has 1 saturated heterocycles. The fourth-order valence-corrected chi connectivity index (χ4v) is 5.77. The number of hydrogen-bond acceptors (Lipinski definition) is 4. The quantitative estimate of drug-likeness (QED) is 0.469. The van der Waals surface area contributed by atoms with Crippen LogP contribution in [0.3, 0.4) is 0 Å². The first-order valence-corrected chi connectivity index (χ1v) is 12.6. The average Bonchev–Trinajstić information content (AvgIpc) is 3.13. The number of halogens is 2. The number of nitrogens with zero attached hydrogens (tertiary/aromatic N) is 2. The molecule has 2 aromatic carbocycles. The zero-order chi connectivity index (χ0) is 24.7. The zero-order valence-corrected chi connectivity index (χ0v) is 20.4. The molecule has 4 rings (SSSR count). The van der Waals surface area contributed by atoms with Crippen molar-refractivity contribution in [2.75, 3.05) is 13.1 Å². The van der Waals surface area contributed by atoms with Crippen molar-refractivity contribution in [1.82, 2.24) is 18.9 Å². The predicted molar refractivity (Wildman–Crippen MR) is 129 cm³/mol. The lowest BCUT2D eigenvalue weighted by molar-refractivity contribution is 0.0843. The third kappa shape index (κ3) is 4.46. The minimum absolute atomic E-state index is 0.0222. The summed E-state index contributed by atoms with van der Waals surface area (Å²) in [6.07, 6.45) is -1.15. The van der Waals surface area contributed by atoms with Gasteiger partial charge in [-0.25, -0.2) is 9.52 Å². The molecule has 3 N–H and O–H groups in total. The van der Waals surface area contributed by atoms with Gasteiger partial charge in [-0.15, -0.1) is 0 Å². The van der Waals surface area contributed by atoms with E-state index in [0.717, 1.165) is 15.4 Å². The molecule has 0 saturated carbocycles. The second kappa shape index (κ2) is 9.10. The Kier molecular flexibility index (Phi) is 6.52. The van der Waals surface area contributed by atoms with E-state index in [1.165, 1.54) is 0 Å². The second-order valence-electron chi connectivity index (χ2n) is 8.10. The van der Waals surface area contributed by atoms with Gasteiger partial charge in [0.2, 0.25) is 0 Å². The predicted octanol–water partition coefficient (Wildman–Crippen LogP) is 3.72. The molecule has 9 nitrogen and oxygen atoms in total. The highest BCUT2D eigenvalue weighted by atomic mass is 35.5. The molecule has 1 aromatic heterocycles. The lowest BCUT2D eigenvalue weighted by atomic mass is 9.81. The van der Waals surface area contributed by atoms with E-state index in [4.69, 9.17) is 28.3 Å². The summed E-state index contributed by atoms with van der Waals surface area (Å²) in [5.74, 6) is -0.352. The van der Waals surface area contributed by atoms with Gasteiger partial charge in [0.15, 0.2) is 0 Å². The molecule has 2 amide bonds. The topological polar surface area (TPSA) is 121 Å². The molecular weight excluding hydrogens is 503 g/mol. The fourth-order valence-electron chi connectivity index (χ4n) is 4.37. The molecule has 1 aliphatic rings. The Hall–Kier alpha value is -2.79. The maximum absolute atomic E-state index is 13.5. The number of piperidine rings is 1. The van der Waals surface area contributed by atoms with Crippen LogP contribution in [0.15, 0.2) is 48.5 Å². The maximum Gasteiger partial charge on any atom is 0.419 e. The van der Waals surface area contributed by atoms with Gasteiger partial charge >= 0.3 is 16.3 Å². The van der Waals surface area contributed by atoms with Crippen LogP contribution < -0.4 is 10.0 Å². The number of aromatic nitrogens is 1. The van der Waals surface area contributed by atoms with Gasteiger partial charge in [-0.2, -0.15) is 12.7 Å². The molecule has 0 atom stereocenters. The SMILES string of the molecule is Cn1c(C(=O)NC2(c3ccccc3)CCN(S(=O)(=O)NC(=O)O)CC2)cc2c(Cl)c(Cl)ccc21. The van der Waals surface area contributed by atoms with Crippen LogP contribution in [0.4, 0.5) is 4.79 Å². The summed E-state index contributed by atoms with van der Waals surface area (Å²) in [4.78, 5) is 24.3. The minimum atomic E-state index is -4.19. The van der Waals surface area contributed by atoms with Crippen molar-refractivity contribution in [2.24, 2.45) is 7.05 Å². The van der Waals surface area contributed by atoms with Crippen LogP contribution in [0.2, 0.25) is 10.0 Å². The number of hydrogen-bond donors (Lipinski definition) is 3. The van der Waals surface area contributed by atoms with E-state index < -0.39 is 21.8 Å². The number of carbonyl (C=O) groups excluding carboxylic acids is 1. The van der Waals surface area contributed by atoms with E-state index in [9.17, 15) is 18.0 Å². The summed E-state index contributed by atoms with van der Waals surface area (Å²) < 4.78 is 29.0. The fraction of sp³-hybridized carbons (Fsp3) is 0.273. The number of carboxylic acid groups (broad SMARTS) is 1. The van der Waals surface area contributed by atoms with Crippen LogP contribution in [-0.2, 0) is 22.8 Å². The van der Waals surface area contributed by atoms with Crippen molar-refractivity contribution >= 4 is 56.3 Å². The Bertz CT molecular complexity index is 1370. The van der Waals surface area contributed by atoms with Crippen molar-refractivity contribution in [1.29, 1.82) is 0 Å². The standard InChI is InChI=1S/C22H22Cl2N4O5S/c1-27-17-8-7-16(23)19(24)15(17)13-18(27)20(29)25-22(14-5-3-2-4-6-14)9-11-28(12-10-22)34(32,33)26-21(30)31/h2-8,13,26H,9-12H2,1H3,(H,25,29)(H,30,31). The minimum Gasteiger partial charge on any atom is -0.464 e. The van der Waals surface area contributed by atoms with Crippen LogP contribution in [0.1, 0.15) is 28.9 Å². The van der Waals surface area contributed by atoms with Gasteiger partial charge in [-0.05, 0) is 36.6 Å². The van der Waals surface area contributed by atoms with Gasteiger partial charge in [-0.3, -0.25) is 4.79 Å². The molecule has 180 valence electrons. The highest BCUT2D eigenvalue weighted by Crippen LogP contribution is 2.36. The Morgan fingerprint density at radius 2 is 1.71 bits per heavy atom. The van der Waals surface area contributed by atoms with Crippen LogP contribution in [0.5, 0.6) is 0 Å². The summed E-state index contributed by atoms with van der Waals surface area (Å²) in [5.41, 5.74) is 1.09. The number of benzene rings is 2. The molecule has 0 aliphatic carbocycles. The summed E-state index contributed by atoms with van der Waals surface area (Å²) in [5, 5.41) is 13.3. The van der Waals surface area contributed by atoms with E-state index in [0.29, 0.717) is 21.1 Å². The second-order valence-corrected chi connectivity index (χ2v) is 10.6. The van der Waals surface area contributed by atoms with Gasteiger partial charge in [0.25, 0.3) is 5.91 Å². The number of nitrogens with one attached hydrogen (secondary N) is 2. The van der Waals surface area contributed by atoms with Crippen molar-refractivity contribution < 1.29 is 23.1 Å². The van der Waals surface area contributed by atoms with Gasteiger partial charge in [0.1, 0.15) is 5.69 Å². The largest absolute Gasteiger partial charge is 0.464 e. The van der Waals surface area contributed by atoms with Crippen LogP contribution in [0, 0.1) is 0 Å². The van der Waals surface area contributed by atoms with E-state index in [-0.39, 0.29) is 31.8 Å². The Balaban J connectivity index is 1.66. The maximum atomic E-state index is 13.5. The van der Waals surface area contributed by atoms with Crippen molar-refractivity contribution in [3.8, 4) is 0 Å². The van der Waals surface area contributed by atoms with Gasteiger partial charge in [-0.1, -0.05) is 53.5 Å². The number of fused-ring (bicyclic) bond motifs is 1. The number of rotatable bonds is 5. The highest BCUT2D eigenvalue weighted by molar-refractivity contribution is 7.87. The Morgan fingerprint density at radius 3 is 2.32 bits per heavy atom. The third-order valence-corrected chi connectivity index (χ3v) is 8.45. The molecule has 1 aliphatic heterocycles. The molecule has 0 radical (unpaired) electrons. The van der Waals surface area contributed by atoms with Gasteiger partial charge in [0, 0.05) is 31.0 Å². The molecule has 0 unspecified atom stereocenters. The van der Waals surface area contributed by atoms with Crippen LogP contribution in [-0.4, -0.2) is 47.5 Å². The summed E-state index contributed by atoms with van der Waals surface area (Å²) in [6.45, 7) is 0.0443. The summed E-state index contributed by atoms with van der Waals surface area (Å²) >= 11 is 12.5. The summed E-state index contributed by atoms with van der Waals surface area (Å²) in [6, 6.07) is 14.4. The first kappa shape index (κ1) is 24.3. The van der Waals surface area contributed by atoms with Crippen molar-refractivity contribution in [3.63, 3.8) is 0 Å². The Labute approximate surface area is 206 Å². The number of amides is 2. The van der Waals surface area contributed by atoms with Crippen molar-refractivity contribution in [2.45, 2.75) is 18.4 Å². The highest BCUT2D eigenvalue weighted by Gasteiger charge is 2.41. The smallest absolute Gasteiger partial charge is 0.419 e. The summed E-state index contributed by atoms with van der Waals surface area (Å²) in [7, 11) is -2.44. The first-order chi connectivity index (χ1) is 16.0. The molecule has 12 heteroatoms. The van der Waals surface area contributed by atoms with E-state index in [1.54, 1.807) is 34.5 Å². The molecule has 34 heavy (non-hydrogen) atoms. The number of aryl methyl sites for hydroxylation is 1. The molecule has 3 aromatic rings. The van der Waals surface area contributed by atoms with Crippen molar-refractivity contribution in [3.05, 3.63) is 69.8 Å². The number of carbonyl (C=O) groups is 2. The molecular formula is C22H22Cl2N4O5S. The van der Waals surface area contributed by atoms with Gasteiger partial charge in [0.05, 0.1) is 15.6 Å². The molecule has 0 spiro atoms. The van der Waals surface area contributed by atoms with E-state index in [2.05, 4.69) is 5.32 Å². The molecule has 1 fully saturated rings. The lowest BCUT2D eigenvalue weighted by Gasteiger charge is -2.42. The van der Waals surface area contributed by atoms with Gasteiger partial charge < -0.3 is 15.0 Å². The van der Waals surface area contributed by atoms with E-state index in [1.807, 2.05) is 30.3 Å². The lowest BCUT2D eigenvalue weighted by Crippen LogP contribution is -2.56. The average molecular weight is 525 g/mol. The monoisotopic (exact) mass is 524 g/mol. The Morgan fingerprint density at radius 1 is 1.06 bits per heavy atom. The van der Waals surface area contributed by atoms with Crippen LogP contribution >= 0.6 is 23.2 Å². The van der Waals surface area contributed by atoms with E-state index >= 15 is 0 Å². The normalized spacial score (nSPS) is 16.3. The zero-order valence-electron chi connectivity index (χ0n) is 18.1. The molecule has 0 bridgehead atoms. The third-order valence-electron chi connectivity index (χ3n) is 6.16. The first-order valence-electron chi connectivity index (χ1n) is 10.4.